The minimum atomic E-state index is -3.59. The molecule has 1 aliphatic heterocycles. The number of carbonyl (C=O) groups is 1. The molecule has 0 bridgehead atoms. The second-order valence-corrected chi connectivity index (χ2v) is 4.51. The van der Waals surface area contributed by atoms with Crippen molar-refractivity contribution in [3.63, 3.8) is 0 Å². The molecule has 4 nitrogen and oxygen atoms in total. The second-order valence-electron chi connectivity index (χ2n) is 2.62. The first-order chi connectivity index (χ1) is 4.99. The largest absolute Gasteiger partial charge is 0.345 e. The zero-order valence-electron chi connectivity index (χ0n) is 6.40. The van der Waals surface area contributed by atoms with Crippen molar-refractivity contribution in [1.82, 2.24) is 0 Å². The predicted molar refractivity (Wildman–Crippen MR) is 38.3 cm³/mol. The van der Waals surface area contributed by atoms with Crippen molar-refractivity contribution < 1.29 is 17.4 Å². The molecule has 0 saturated carbocycles. The Labute approximate surface area is 65.7 Å². The molecule has 2 atom stereocenters. The zero-order valence-corrected chi connectivity index (χ0v) is 7.22. The molecule has 1 saturated heterocycles. The average Bonchev–Trinajstić information content (AvgIpc) is 2.04. The summed E-state index contributed by atoms with van der Waals surface area (Å²) < 4.78 is 26.0. The third-order valence-electron chi connectivity index (χ3n) is 1.96. The predicted octanol–water partition coefficient (Wildman–Crippen LogP) is 0.288. The highest BCUT2D eigenvalue weighted by molar-refractivity contribution is 7.88. The molecule has 0 aliphatic carbocycles. The summed E-state index contributed by atoms with van der Waals surface area (Å²) in [5.74, 6) is -1.08. The Morgan fingerprint density at radius 2 is 2.09 bits per heavy atom. The van der Waals surface area contributed by atoms with Crippen LogP contribution in [0.5, 0.6) is 0 Å². The minimum Gasteiger partial charge on any atom is -0.345 e. The highest BCUT2D eigenvalue weighted by Gasteiger charge is 2.44. The Morgan fingerprint density at radius 3 is 2.27 bits per heavy atom. The fraction of sp³-hybridized carbons (Fsp3) is 0.833. The van der Waals surface area contributed by atoms with Crippen LogP contribution in [0.15, 0.2) is 0 Å². The monoisotopic (exact) mass is 178 g/mol. The van der Waals surface area contributed by atoms with Crippen LogP contribution in [-0.4, -0.2) is 19.6 Å². The van der Waals surface area contributed by atoms with Crippen molar-refractivity contribution in [2.45, 2.75) is 25.5 Å². The summed E-state index contributed by atoms with van der Waals surface area (Å²) in [6, 6.07) is 0. The number of rotatable bonds is 1. The summed E-state index contributed by atoms with van der Waals surface area (Å²) >= 11 is 0. The van der Waals surface area contributed by atoms with E-state index in [0.717, 1.165) is 0 Å². The van der Waals surface area contributed by atoms with E-state index < -0.39 is 27.3 Å². The Balaban J connectivity index is 2.98. The maximum Gasteiger partial charge on any atom is 0.326 e. The summed E-state index contributed by atoms with van der Waals surface area (Å²) in [4.78, 5) is 10.8. The van der Waals surface area contributed by atoms with E-state index in [2.05, 4.69) is 4.18 Å². The molecule has 0 N–H and O–H groups in total. The van der Waals surface area contributed by atoms with Crippen molar-refractivity contribution in [3.8, 4) is 0 Å². The lowest BCUT2D eigenvalue weighted by molar-refractivity contribution is -0.135. The molecule has 1 fully saturated rings. The van der Waals surface area contributed by atoms with Gasteiger partial charge in [0, 0.05) is 0 Å². The first-order valence-corrected chi connectivity index (χ1v) is 4.93. The molecule has 11 heavy (non-hydrogen) atoms. The second kappa shape index (κ2) is 2.48. The SMILES string of the molecule is CCC1C(=O)OS(=O)(=O)C1C. The van der Waals surface area contributed by atoms with E-state index in [9.17, 15) is 13.2 Å². The van der Waals surface area contributed by atoms with E-state index in [1.807, 2.05) is 0 Å². The Bertz CT molecular complexity index is 266. The maximum atomic E-state index is 10.9. The summed E-state index contributed by atoms with van der Waals surface area (Å²) in [5.41, 5.74) is 0. The van der Waals surface area contributed by atoms with E-state index in [1.165, 1.54) is 6.92 Å². The van der Waals surface area contributed by atoms with Gasteiger partial charge in [0.2, 0.25) is 0 Å². The summed E-state index contributed by atoms with van der Waals surface area (Å²) in [5, 5.41) is -0.681. The van der Waals surface area contributed by atoms with Crippen LogP contribution < -0.4 is 0 Å². The standard InChI is InChI=1S/C6H10O4S/c1-3-5-4(2)11(8,9)10-6(5)7/h4-5H,3H2,1-2H3. The summed E-state index contributed by atoms with van der Waals surface area (Å²) in [6.07, 6.45) is 0.513. The molecule has 5 heteroatoms. The zero-order chi connectivity index (χ0) is 8.65. The third-order valence-corrected chi connectivity index (χ3v) is 3.60. The van der Waals surface area contributed by atoms with Crippen molar-refractivity contribution in [2.75, 3.05) is 0 Å². The van der Waals surface area contributed by atoms with Gasteiger partial charge in [-0.05, 0) is 13.3 Å². The van der Waals surface area contributed by atoms with Crippen LogP contribution >= 0.6 is 0 Å². The van der Waals surface area contributed by atoms with Gasteiger partial charge in [0.1, 0.15) is 5.25 Å². The molecule has 64 valence electrons. The molecule has 0 radical (unpaired) electrons. The van der Waals surface area contributed by atoms with Gasteiger partial charge in [0.15, 0.2) is 0 Å². The first-order valence-electron chi connectivity index (χ1n) is 3.46. The lowest BCUT2D eigenvalue weighted by atomic mass is 10.0. The van der Waals surface area contributed by atoms with Crippen molar-refractivity contribution in [2.24, 2.45) is 5.92 Å². The van der Waals surface area contributed by atoms with Crippen LogP contribution in [0, 0.1) is 5.92 Å². The van der Waals surface area contributed by atoms with E-state index in [0.29, 0.717) is 6.42 Å². The molecule has 0 aromatic heterocycles. The molecule has 1 heterocycles. The smallest absolute Gasteiger partial charge is 0.326 e. The molecule has 1 aliphatic rings. The third kappa shape index (κ3) is 1.24. The quantitative estimate of drug-likeness (QED) is 0.541. The topological polar surface area (TPSA) is 60.4 Å². The molecular weight excluding hydrogens is 168 g/mol. The van der Waals surface area contributed by atoms with Gasteiger partial charge in [0.05, 0.1) is 5.92 Å². The van der Waals surface area contributed by atoms with E-state index >= 15 is 0 Å². The van der Waals surface area contributed by atoms with Crippen molar-refractivity contribution in [1.29, 1.82) is 0 Å². The molecule has 0 aromatic carbocycles. The Kier molecular flexibility index (Phi) is 1.92. The lowest BCUT2D eigenvalue weighted by Gasteiger charge is -2.02. The first kappa shape index (κ1) is 8.52. The van der Waals surface area contributed by atoms with Gasteiger partial charge in [-0.1, -0.05) is 6.92 Å². The molecule has 0 aromatic rings. The van der Waals surface area contributed by atoms with Gasteiger partial charge in [-0.25, -0.2) is 0 Å². The maximum absolute atomic E-state index is 10.9. The van der Waals surface area contributed by atoms with Crippen molar-refractivity contribution in [3.05, 3.63) is 0 Å². The minimum absolute atomic E-state index is 0.472. The lowest BCUT2D eigenvalue weighted by Crippen LogP contribution is -2.19. The molecule has 0 spiro atoms. The normalized spacial score (nSPS) is 35.3. The Hall–Kier alpha value is -0.580. The molecule has 1 rings (SSSR count). The van der Waals surface area contributed by atoms with E-state index in [-0.39, 0.29) is 0 Å². The summed E-state index contributed by atoms with van der Waals surface area (Å²) in [7, 11) is -3.59. The van der Waals surface area contributed by atoms with Crippen LogP contribution in [-0.2, 0) is 19.1 Å². The number of hydrogen-bond donors (Lipinski definition) is 0. The number of carbonyl (C=O) groups excluding carboxylic acids is 1. The molecule has 0 amide bonds. The van der Waals surface area contributed by atoms with Crippen molar-refractivity contribution >= 4 is 16.1 Å². The fourth-order valence-corrected chi connectivity index (χ4v) is 2.35. The molecular formula is C6H10O4S. The Morgan fingerprint density at radius 1 is 1.55 bits per heavy atom. The summed E-state index contributed by atoms with van der Waals surface area (Å²) in [6.45, 7) is 3.26. The van der Waals surface area contributed by atoms with Gasteiger partial charge in [-0.3, -0.25) is 4.79 Å². The van der Waals surface area contributed by atoms with Crippen LogP contribution in [0.3, 0.4) is 0 Å². The average molecular weight is 178 g/mol. The highest BCUT2D eigenvalue weighted by Crippen LogP contribution is 2.27. The number of hydrogen-bond acceptors (Lipinski definition) is 4. The van der Waals surface area contributed by atoms with Crippen LogP contribution in [0.4, 0.5) is 0 Å². The van der Waals surface area contributed by atoms with Crippen LogP contribution in [0.1, 0.15) is 20.3 Å². The van der Waals surface area contributed by atoms with Crippen LogP contribution in [0.25, 0.3) is 0 Å². The van der Waals surface area contributed by atoms with Gasteiger partial charge in [-0.2, -0.15) is 8.42 Å². The fourth-order valence-electron chi connectivity index (χ4n) is 1.14. The van der Waals surface area contributed by atoms with Gasteiger partial charge in [0.25, 0.3) is 0 Å². The van der Waals surface area contributed by atoms with Gasteiger partial charge in [-0.15, -0.1) is 0 Å². The van der Waals surface area contributed by atoms with Gasteiger partial charge >= 0.3 is 16.1 Å². The van der Waals surface area contributed by atoms with Crippen LogP contribution in [0.2, 0.25) is 0 Å². The highest BCUT2D eigenvalue weighted by atomic mass is 32.2. The van der Waals surface area contributed by atoms with E-state index in [1.54, 1.807) is 6.92 Å². The molecule has 2 unspecified atom stereocenters. The van der Waals surface area contributed by atoms with Gasteiger partial charge < -0.3 is 4.18 Å². The van der Waals surface area contributed by atoms with E-state index in [4.69, 9.17) is 0 Å².